The summed E-state index contributed by atoms with van der Waals surface area (Å²) in [6.07, 6.45) is 4.98. The standard InChI is InChI=1S/C16H25NO/c1-12-9-13(2)11-15(10-12)18-16-6-4-3-5-14(16)7-8-17/h3-6,12-13,15H,7-11,17H2,1-2H3. The summed E-state index contributed by atoms with van der Waals surface area (Å²) in [7, 11) is 0. The SMILES string of the molecule is CC1CC(C)CC(Oc2ccccc2CCN)C1. The Morgan fingerprint density at radius 3 is 2.44 bits per heavy atom. The summed E-state index contributed by atoms with van der Waals surface area (Å²) in [5.41, 5.74) is 6.89. The summed E-state index contributed by atoms with van der Waals surface area (Å²) in [5, 5.41) is 0. The van der Waals surface area contributed by atoms with Gasteiger partial charge in [-0.1, -0.05) is 32.0 Å². The molecule has 100 valence electrons. The van der Waals surface area contributed by atoms with Crippen LogP contribution < -0.4 is 10.5 Å². The van der Waals surface area contributed by atoms with Gasteiger partial charge in [0.2, 0.25) is 0 Å². The molecule has 1 aliphatic carbocycles. The zero-order valence-electron chi connectivity index (χ0n) is 11.6. The molecule has 1 aromatic carbocycles. The van der Waals surface area contributed by atoms with Crippen molar-refractivity contribution in [2.45, 2.75) is 45.6 Å². The van der Waals surface area contributed by atoms with Gasteiger partial charge in [-0.3, -0.25) is 0 Å². The van der Waals surface area contributed by atoms with Crippen LogP contribution in [0.5, 0.6) is 5.75 Å². The van der Waals surface area contributed by atoms with E-state index < -0.39 is 0 Å². The zero-order valence-corrected chi connectivity index (χ0v) is 11.6. The molecule has 2 nitrogen and oxygen atoms in total. The van der Waals surface area contributed by atoms with E-state index in [1.54, 1.807) is 0 Å². The van der Waals surface area contributed by atoms with Crippen molar-refractivity contribution in [1.29, 1.82) is 0 Å². The molecule has 2 heteroatoms. The summed E-state index contributed by atoms with van der Waals surface area (Å²) in [5.74, 6) is 2.59. The summed E-state index contributed by atoms with van der Waals surface area (Å²) in [6.45, 7) is 5.34. The van der Waals surface area contributed by atoms with E-state index in [-0.39, 0.29) is 0 Å². The number of rotatable bonds is 4. The monoisotopic (exact) mass is 247 g/mol. The third-order valence-corrected chi connectivity index (χ3v) is 3.82. The van der Waals surface area contributed by atoms with Crippen LogP contribution in [0.25, 0.3) is 0 Å². The van der Waals surface area contributed by atoms with Crippen LogP contribution in [0.15, 0.2) is 24.3 Å². The maximum absolute atomic E-state index is 6.22. The fourth-order valence-electron chi connectivity index (χ4n) is 3.13. The lowest BCUT2D eigenvalue weighted by Crippen LogP contribution is -2.28. The molecular weight excluding hydrogens is 222 g/mol. The van der Waals surface area contributed by atoms with Gasteiger partial charge >= 0.3 is 0 Å². The van der Waals surface area contributed by atoms with Crippen LogP contribution in [0.4, 0.5) is 0 Å². The number of para-hydroxylation sites is 1. The fourth-order valence-corrected chi connectivity index (χ4v) is 3.13. The number of nitrogens with two attached hydrogens (primary N) is 1. The highest BCUT2D eigenvalue weighted by Gasteiger charge is 2.25. The average Bonchev–Trinajstić information content (AvgIpc) is 2.30. The van der Waals surface area contributed by atoms with Crippen molar-refractivity contribution >= 4 is 0 Å². The highest BCUT2D eigenvalue weighted by molar-refractivity contribution is 5.33. The van der Waals surface area contributed by atoms with Gasteiger partial charge in [-0.15, -0.1) is 0 Å². The first kappa shape index (κ1) is 13.4. The van der Waals surface area contributed by atoms with Crippen LogP contribution in [-0.4, -0.2) is 12.6 Å². The molecule has 0 amide bonds. The summed E-state index contributed by atoms with van der Waals surface area (Å²) >= 11 is 0. The lowest BCUT2D eigenvalue weighted by Gasteiger charge is -2.32. The Bertz CT molecular complexity index is 367. The number of hydrogen-bond donors (Lipinski definition) is 1. The zero-order chi connectivity index (χ0) is 13.0. The maximum atomic E-state index is 6.22. The lowest BCUT2D eigenvalue weighted by atomic mass is 9.82. The molecular formula is C16H25NO. The quantitative estimate of drug-likeness (QED) is 0.885. The molecule has 18 heavy (non-hydrogen) atoms. The van der Waals surface area contributed by atoms with E-state index in [0.29, 0.717) is 12.6 Å². The van der Waals surface area contributed by atoms with E-state index in [1.165, 1.54) is 24.8 Å². The summed E-state index contributed by atoms with van der Waals surface area (Å²) < 4.78 is 6.22. The highest BCUT2D eigenvalue weighted by atomic mass is 16.5. The molecule has 2 rings (SSSR count). The number of benzene rings is 1. The molecule has 0 aromatic heterocycles. The summed E-state index contributed by atoms with van der Waals surface area (Å²) in [6, 6.07) is 8.31. The average molecular weight is 247 g/mol. The van der Waals surface area contributed by atoms with Crippen molar-refractivity contribution in [3.63, 3.8) is 0 Å². The molecule has 0 saturated heterocycles. The number of hydrogen-bond acceptors (Lipinski definition) is 2. The minimum absolute atomic E-state index is 0.377. The molecule has 0 aliphatic heterocycles. The molecule has 1 aliphatic rings. The second kappa shape index (κ2) is 6.24. The Kier molecular flexibility index (Phi) is 4.65. The van der Waals surface area contributed by atoms with E-state index in [9.17, 15) is 0 Å². The van der Waals surface area contributed by atoms with Gasteiger partial charge < -0.3 is 10.5 Å². The van der Waals surface area contributed by atoms with Crippen molar-refractivity contribution < 1.29 is 4.74 Å². The van der Waals surface area contributed by atoms with E-state index >= 15 is 0 Å². The van der Waals surface area contributed by atoms with Crippen molar-refractivity contribution in [3.05, 3.63) is 29.8 Å². The van der Waals surface area contributed by atoms with Gasteiger partial charge in [-0.25, -0.2) is 0 Å². The Labute approximate surface area is 111 Å². The Morgan fingerprint density at radius 2 is 1.78 bits per heavy atom. The second-order valence-corrected chi connectivity index (χ2v) is 5.80. The van der Waals surface area contributed by atoms with Gasteiger partial charge in [0.25, 0.3) is 0 Å². The molecule has 2 atom stereocenters. The second-order valence-electron chi connectivity index (χ2n) is 5.80. The van der Waals surface area contributed by atoms with Crippen molar-refractivity contribution in [3.8, 4) is 5.75 Å². The van der Waals surface area contributed by atoms with Gasteiger partial charge in [0.1, 0.15) is 5.75 Å². The number of ether oxygens (including phenoxy) is 1. The van der Waals surface area contributed by atoms with Crippen molar-refractivity contribution in [2.24, 2.45) is 17.6 Å². The van der Waals surface area contributed by atoms with Gasteiger partial charge in [-0.05, 0) is 55.7 Å². The molecule has 2 N–H and O–H groups in total. The van der Waals surface area contributed by atoms with Crippen molar-refractivity contribution in [1.82, 2.24) is 0 Å². The van der Waals surface area contributed by atoms with E-state index in [0.717, 1.165) is 24.0 Å². The first-order valence-corrected chi connectivity index (χ1v) is 7.13. The molecule has 0 radical (unpaired) electrons. The third-order valence-electron chi connectivity index (χ3n) is 3.82. The van der Waals surface area contributed by atoms with Crippen LogP contribution >= 0.6 is 0 Å². The predicted octanol–water partition coefficient (Wildman–Crippen LogP) is 3.39. The fraction of sp³-hybridized carbons (Fsp3) is 0.625. The minimum atomic E-state index is 0.377. The first-order chi connectivity index (χ1) is 8.69. The Balaban J connectivity index is 2.04. The molecule has 0 spiro atoms. The van der Waals surface area contributed by atoms with Crippen LogP contribution in [-0.2, 0) is 6.42 Å². The van der Waals surface area contributed by atoms with Crippen LogP contribution in [0.2, 0.25) is 0 Å². The molecule has 1 fully saturated rings. The minimum Gasteiger partial charge on any atom is -0.490 e. The molecule has 1 aromatic rings. The first-order valence-electron chi connectivity index (χ1n) is 7.13. The van der Waals surface area contributed by atoms with Gasteiger partial charge in [0.05, 0.1) is 6.10 Å². The topological polar surface area (TPSA) is 35.2 Å². The van der Waals surface area contributed by atoms with Crippen LogP contribution in [0.1, 0.15) is 38.7 Å². The Morgan fingerprint density at radius 1 is 1.11 bits per heavy atom. The maximum Gasteiger partial charge on any atom is 0.122 e. The van der Waals surface area contributed by atoms with Gasteiger partial charge in [0.15, 0.2) is 0 Å². The van der Waals surface area contributed by atoms with Crippen molar-refractivity contribution in [2.75, 3.05) is 6.54 Å². The molecule has 2 unspecified atom stereocenters. The van der Waals surface area contributed by atoms with E-state index in [1.807, 2.05) is 6.07 Å². The molecule has 0 heterocycles. The summed E-state index contributed by atoms with van der Waals surface area (Å²) in [4.78, 5) is 0. The third kappa shape index (κ3) is 3.49. The smallest absolute Gasteiger partial charge is 0.122 e. The predicted molar refractivity (Wildman–Crippen MR) is 75.8 cm³/mol. The largest absolute Gasteiger partial charge is 0.490 e. The molecule has 0 bridgehead atoms. The highest BCUT2D eigenvalue weighted by Crippen LogP contribution is 2.32. The normalized spacial score (nSPS) is 28.1. The van der Waals surface area contributed by atoms with Gasteiger partial charge in [0, 0.05) is 0 Å². The van der Waals surface area contributed by atoms with Gasteiger partial charge in [-0.2, -0.15) is 0 Å². The lowest BCUT2D eigenvalue weighted by molar-refractivity contribution is 0.100. The van der Waals surface area contributed by atoms with E-state index in [4.69, 9.17) is 10.5 Å². The Hall–Kier alpha value is -1.02. The van der Waals surface area contributed by atoms with Crippen LogP contribution in [0, 0.1) is 11.8 Å². The molecule has 1 saturated carbocycles. The van der Waals surface area contributed by atoms with Crippen LogP contribution in [0.3, 0.4) is 0 Å². The van der Waals surface area contributed by atoms with E-state index in [2.05, 4.69) is 32.0 Å².